The van der Waals surface area contributed by atoms with Crippen molar-refractivity contribution in [1.82, 2.24) is 0 Å². The van der Waals surface area contributed by atoms with E-state index in [1.807, 2.05) is 38.1 Å². The standard InChI is InChI=1S/C15H18N2O2/c1-10(2)18-11-3-5-12(6-4-11)19-13-7-8-14(16)15(17)9-13/h3-10H,16-17H2,1-2H3. The van der Waals surface area contributed by atoms with Crippen LogP contribution in [-0.4, -0.2) is 6.10 Å². The summed E-state index contributed by atoms with van der Waals surface area (Å²) in [6.45, 7) is 3.98. The number of hydrogen-bond donors (Lipinski definition) is 2. The lowest BCUT2D eigenvalue weighted by molar-refractivity contribution is 0.242. The van der Waals surface area contributed by atoms with Crippen molar-refractivity contribution in [3.05, 3.63) is 42.5 Å². The Labute approximate surface area is 112 Å². The Morgan fingerprint density at radius 2 is 1.37 bits per heavy atom. The zero-order valence-electron chi connectivity index (χ0n) is 11.1. The second kappa shape index (κ2) is 5.52. The summed E-state index contributed by atoms with van der Waals surface area (Å²) in [5.41, 5.74) is 12.4. The fourth-order valence-electron chi connectivity index (χ4n) is 1.61. The van der Waals surface area contributed by atoms with Gasteiger partial charge in [0.2, 0.25) is 0 Å². The third-order valence-electron chi connectivity index (χ3n) is 2.49. The molecule has 2 rings (SSSR count). The molecule has 0 amide bonds. The lowest BCUT2D eigenvalue weighted by atomic mass is 10.2. The molecule has 0 saturated carbocycles. The molecule has 100 valence electrons. The number of nitrogen functional groups attached to an aromatic ring is 2. The third kappa shape index (κ3) is 3.55. The molecule has 0 fully saturated rings. The number of nitrogens with two attached hydrogens (primary N) is 2. The van der Waals surface area contributed by atoms with Crippen LogP contribution in [0.5, 0.6) is 17.2 Å². The molecule has 2 aromatic rings. The highest BCUT2D eigenvalue weighted by atomic mass is 16.5. The van der Waals surface area contributed by atoms with Crippen LogP contribution in [-0.2, 0) is 0 Å². The zero-order chi connectivity index (χ0) is 13.8. The first-order chi connectivity index (χ1) is 9.04. The SMILES string of the molecule is CC(C)Oc1ccc(Oc2ccc(N)c(N)c2)cc1. The predicted octanol–water partition coefficient (Wildman–Crippen LogP) is 3.43. The molecule has 0 unspecified atom stereocenters. The van der Waals surface area contributed by atoms with Crippen LogP contribution in [0.25, 0.3) is 0 Å². The predicted molar refractivity (Wildman–Crippen MR) is 77.5 cm³/mol. The van der Waals surface area contributed by atoms with Crippen molar-refractivity contribution >= 4 is 11.4 Å². The molecule has 0 saturated heterocycles. The Hall–Kier alpha value is -2.36. The summed E-state index contributed by atoms with van der Waals surface area (Å²) >= 11 is 0. The summed E-state index contributed by atoms with van der Waals surface area (Å²) in [7, 11) is 0. The van der Waals surface area contributed by atoms with Gasteiger partial charge in [0.25, 0.3) is 0 Å². The van der Waals surface area contributed by atoms with Crippen molar-refractivity contribution in [3.8, 4) is 17.2 Å². The second-order valence-electron chi connectivity index (χ2n) is 4.53. The number of rotatable bonds is 4. The first kappa shape index (κ1) is 13.1. The van der Waals surface area contributed by atoms with Crippen LogP contribution >= 0.6 is 0 Å². The molecule has 4 N–H and O–H groups in total. The largest absolute Gasteiger partial charge is 0.491 e. The van der Waals surface area contributed by atoms with Gasteiger partial charge in [-0.3, -0.25) is 0 Å². The molecule has 0 aromatic heterocycles. The van der Waals surface area contributed by atoms with Crippen LogP contribution in [0.2, 0.25) is 0 Å². The van der Waals surface area contributed by atoms with Gasteiger partial charge in [-0.15, -0.1) is 0 Å². The Balaban J connectivity index is 2.08. The zero-order valence-corrected chi connectivity index (χ0v) is 11.1. The lowest BCUT2D eigenvalue weighted by Gasteiger charge is -2.11. The van der Waals surface area contributed by atoms with Gasteiger partial charge in [-0.25, -0.2) is 0 Å². The second-order valence-corrected chi connectivity index (χ2v) is 4.53. The summed E-state index contributed by atoms with van der Waals surface area (Å²) in [5, 5.41) is 0. The van der Waals surface area contributed by atoms with Gasteiger partial charge in [-0.1, -0.05) is 0 Å². The lowest BCUT2D eigenvalue weighted by Crippen LogP contribution is -2.05. The van der Waals surface area contributed by atoms with E-state index in [9.17, 15) is 0 Å². The molecule has 0 bridgehead atoms. The van der Waals surface area contributed by atoms with Crippen molar-refractivity contribution in [3.63, 3.8) is 0 Å². The molecule has 0 heterocycles. The van der Waals surface area contributed by atoms with Gasteiger partial charge in [-0.05, 0) is 50.2 Å². The maximum Gasteiger partial charge on any atom is 0.129 e. The summed E-state index contributed by atoms with van der Waals surface area (Å²) in [6, 6.07) is 12.7. The van der Waals surface area contributed by atoms with Crippen molar-refractivity contribution in [2.75, 3.05) is 11.5 Å². The van der Waals surface area contributed by atoms with Crippen LogP contribution in [0.3, 0.4) is 0 Å². The summed E-state index contributed by atoms with van der Waals surface area (Å²) in [6.07, 6.45) is 0.156. The molecule has 0 aliphatic heterocycles. The molecule has 0 radical (unpaired) electrons. The van der Waals surface area contributed by atoms with E-state index in [0.717, 1.165) is 11.5 Å². The summed E-state index contributed by atoms with van der Waals surface area (Å²) < 4.78 is 11.2. The molecular formula is C15H18N2O2. The van der Waals surface area contributed by atoms with Crippen LogP contribution in [0, 0.1) is 0 Å². The van der Waals surface area contributed by atoms with Crippen LogP contribution in [0.4, 0.5) is 11.4 Å². The van der Waals surface area contributed by atoms with Gasteiger partial charge in [0.15, 0.2) is 0 Å². The Morgan fingerprint density at radius 1 is 0.789 bits per heavy atom. The molecular weight excluding hydrogens is 240 g/mol. The smallest absolute Gasteiger partial charge is 0.129 e. The average molecular weight is 258 g/mol. The van der Waals surface area contributed by atoms with Crippen LogP contribution < -0.4 is 20.9 Å². The van der Waals surface area contributed by atoms with Gasteiger partial charge >= 0.3 is 0 Å². The monoisotopic (exact) mass is 258 g/mol. The average Bonchev–Trinajstić information content (AvgIpc) is 2.36. The van der Waals surface area contributed by atoms with Gasteiger partial charge in [0.1, 0.15) is 17.2 Å². The van der Waals surface area contributed by atoms with Gasteiger partial charge in [-0.2, -0.15) is 0 Å². The van der Waals surface area contributed by atoms with E-state index < -0.39 is 0 Å². The molecule has 2 aromatic carbocycles. The number of hydrogen-bond acceptors (Lipinski definition) is 4. The number of anilines is 2. The minimum Gasteiger partial charge on any atom is -0.491 e. The summed E-state index contributed by atoms with van der Waals surface area (Å²) in [5.74, 6) is 2.20. The van der Waals surface area contributed by atoms with E-state index in [1.54, 1.807) is 18.2 Å². The topological polar surface area (TPSA) is 70.5 Å². The Bertz CT molecular complexity index is 551. The highest BCUT2D eigenvalue weighted by molar-refractivity contribution is 5.65. The van der Waals surface area contributed by atoms with E-state index >= 15 is 0 Å². The molecule has 4 heteroatoms. The van der Waals surface area contributed by atoms with Crippen molar-refractivity contribution in [2.24, 2.45) is 0 Å². The highest BCUT2D eigenvalue weighted by Gasteiger charge is 2.02. The Kier molecular flexibility index (Phi) is 3.80. The fourth-order valence-corrected chi connectivity index (χ4v) is 1.61. The summed E-state index contributed by atoms with van der Waals surface area (Å²) in [4.78, 5) is 0. The van der Waals surface area contributed by atoms with Gasteiger partial charge in [0.05, 0.1) is 17.5 Å². The normalized spacial score (nSPS) is 10.5. The number of ether oxygens (including phenoxy) is 2. The van der Waals surface area contributed by atoms with Crippen molar-refractivity contribution in [1.29, 1.82) is 0 Å². The van der Waals surface area contributed by atoms with E-state index in [0.29, 0.717) is 17.1 Å². The first-order valence-corrected chi connectivity index (χ1v) is 6.14. The maximum absolute atomic E-state index is 5.73. The van der Waals surface area contributed by atoms with Gasteiger partial charge < -0.3 is 20.9 Å². The maximum atomic E-state index is 5.73. The quantitative estimate of drug-likeness (QED) is 0.824. The molecule has 0 aliphatic carbocycles. The molecule has 0 spiro atoms. The minimum atomic E-state index is 0.156. The Morgan fingerprint density at radius 3 is 1.95 bits per heavy atom. The van der Waals surface area contributed by atoms with E-state index in [1.165, 1.54) is 0 Å². The van der Waals surface area contributed by atoms with Crippen LogP contribution in [0.1, 0.15) is 13.8 Å². The molecule has 0 atom stereocenters. The third-order valence-corrected chi connectivity index (χ3v) is 2.49. The molecule has 4 nitrogen and oxygen atoms in total. The van der Waals surface area contributed by atoms with E-state index in [-0.39, 0.29) is 6.10 Å². The van der Waals surface area contributed by atoms with E-state index in [4.69, 9.17) is 20.9 Å². The van der Waals surface area contributed by atoms with Gasteiger partial charge in [0, 0.05) is 6.07 Å². The first-order valence-electron chi connectivity index (χ1n) is 6.14. The van der Waals surface area contributed by atoms with Crippen LogP contribution in [0.15, 0.2) is 42.5 Å². The molecule has 0 aliphatic rings. The minimum absolute atomic E-state index is 0.156. The van der Waals surface area contributed by atoms with Crippen molar-refractivity contribution in [2.45, 2.75) is 20.0 Å². The van der Waals surface area contributed by atoms with E-state index in [2.05, 4.69) is 0 Å². The number of benzene rings is 2. The molecule has 19 heavy (non-hydrogen) atoms. The fraction of sp³-hybridized carbons (Fsp3) is 0.200. The highest BCUT2D eigenvalue weighted by Crippen LogP contribution is 2.27. The van der Waals surface area contributed by atoms with Crippen molar-refractivity contribution < 1.29 is 9.47 Å².